The van der Waals surface area contributed by atoms with Crippen LogP contribution < -0.4 is 14.9 Å². The summed E-state index contributed by atoms with van der Waals surface area (Å²) in [6, 6.07) is 11.6. The molecule has 182 valence electrons. The van der Waals surface area contributed by atoms with E-state index in [1.165, 1.54) is 49.5 Å². The Morgan fingerprint density at radius 1 is 1.06 bits per heavy atom. The van der Waals surface area contributed by atoms with Crippen LogP contribution in [0.5, 0.6) is 0 Å². The summed E-state index contributed by atoms with van der Waals surface area (Å²) >= 11 is 18.3. The monoisotopic (exact) mass is 552 g/mol. The highest BCUT2D eigenvalue weighted by atomic mass is 35.5. The van der Waals surface area contributed by atoms with Gasteiger partial charge in [0.1, 0.15) is 0 Å². The van der Waals surface area contributed by atoms with Crippen molar-refractivity contribution < 1.29 is 18.0 Å². The topological polar surface area (TPSA) is 108 Å². The van der Waals surface area contributed by atoms with Crippen molar-refractivity contribution in [1.29, 1.82) is 0 Å². The number of sulfonamides is 1. The van der Waals surface area contributed by atoms with E-state index in [0.717, 1.165) is 4.31 Å². The highest BCUT2D eigenvalue weighted by Gasteiger charge is 2.35. The number of hydrogen-bond acceptors (Lipinski definition) is 5. The van der Waals surface area contributed by atoms with Gasteiger partial charge in [-0.1, -0.05) is 46.9 Å². The van der Waals surface area contributed by atoms with Gasteiger partial charge in [0.15, 0.2) is 0 Å². The maximum Gasteiger partial charge on any atom is 0.264 e. The molecule has 0 aliphatic carbocycles. The molecule has 2 amide bonds. The molecule has 8 nitrogen and oxygen atoms in total. The van der Waals surface area contributed by atoms with Gasteiger partial charge in [0, 0.05) is 18.4 Å². The van der Waals surface area contributed by atoms with E-state index in [0.29, 0.717) is 12.1 Å². The second-order valence-electron chi connectivity index (χ2n) is 7.84. The summed E-state index contributed by atoms with van der Waals surface area (Å²) in [4.78, 5) is 28.9. The van der Waals surface area contributed by atoms with E-state index in [-0.39, 0.29) is 49.4 Å². The maximum absolute atomic E-state index is 13.6. The van der Waals surface area contributed by atoms with Crippen LogP contribution in [0.15, 0.2) is 59.6 Å². The van der Waals surface area contributed by atoms with Gasteiger partial charge < -0.3 is 10.6 Å². The van der Waals surface area contributed by atoms with E-state index < -0.39 is 22.0 Å². The summed E-state index contributed by atoms with van der Waals surface area (Å²) in [5.41, 5.74) is 1.04. The second kappa shape index (κ2) is 10.0. The van der Waals surface area contributed by atoms with E-state index >= 15 is 0 Å². The Morgan fingerprint density at radius 2 is 1.74 bits per heavy atom. The van der Waals surface area contributed by atoms with Crippen LogP contribution in [0, 0.1) is 0 Å². The molecule has 1 atom stereocenters. The molecule has 0 bridgehead atoms. The van der Waals surface area contributed by atoms with Gasteiger partial charge >= 0.3 is 0 Å². The van der Waals surface area contributed by atoms with Crippen LogP contribution in [0.2, 0.25) is 15.1 Å². The summed E-state index contributed by atoms with van der Waals surface area (Å²) in [5, 5.41) is 6.03. The van der Waals surface area contributed by atoms with Gasteiger partial charge in [-0.3, -0.25) is 18.9 Å². The lowest BCUT2D eigenvalue weighted by molar-refractivity contribution is -0.119. The van der Waals surface area contributed by atoms with E-state index in [4.69, 9.17) is 34.8 Å². The number of amides is 2. The third-order valence-corrected chi connectivity index (χ3v) is 7.92. The van der Waals surface area contributed by atoms with Gasteiger partial charge in [-0.25, -0.2) is 8.42 Å². The molecule has 0 saturated carbocycles. The smallest absolute Gasteiger partial charge is 0.264 e. The minimum Gasteiger partial charge on any atom is -0.351 e. The third-order valence-electron chi connectivity index (χ3n) is 5.28. The van der Waals surface area contributed by atoms with Crippen molar-refractivity contribution >= 4 is 68.0 Å². The van der Waals surface area contributed by atoms with Gasteiger partial charge in [0.05, 0.1) is 56.4 Å². The summed E-state index contributed by atoms with van der Waals surface area (Å²) in [6.45, 7) is 1.33. The number of pyridine rings is 1. The first-order valence-corrected chi connectivity index (χ1v) is 12.9. The average molecular weight is 554 g/mol. The molecule has 12 heteroatoms. The van der Waals surface area contributed by atoms with E-state index in [1.54, 1.807) is 12.1 Å². The second-order valence-corrected chi connectivity index (χ2v) is 10.9. The van der Waals surface area contributed by atoms with Crippen LogP contribution in [-0.4, -0.2) is 37.8 Å². The molecule has 2 N–H and O–H groups in total. The molecule has 1 aliphatic rings. The molecule has 0 fully saturated rings. The van der Waals surface area contributed by atoms with Crippen LogP contribution in [0.1, 0.15) is 23.0 Å². The van der Waals surface area contributed by atoms with Crippen LogP contribution in [0.3, 0.4) is 0 Å². The standard InChI is InChI=1S/C23H19Cl3N4O4S/c1-13(31)28-16-9-20-21(30(12-16)35(33,34)17-5-2-4-14(24)8-17)10-15(11-27-20)29-23(32)22-18(25)6-3-7-19(22)26/h2-8,10-11,16H,9,12H2,1H3,(H,28,31)(H,29,32). The summed E-state index contributed by atoms with van der Waals surface area (Å²) in [6.07, 6.45) is 1.71. The van der Waals surface area contributed by atoms with Crippen molar-refractivity contribution in [2.45, 2.75) is 24.3 Å². The summed E-state index contributed by atoms with van der Waals surface area (Å²) < 4.78 is 28.3. The zero-order valence-electron chi connectivity index (χ0n) is 18.3. The van der Waals surface area contributed by atoms with Crippen LogP contribution >= 0.6 is 34.8 Å². The molecular weight excluding hydrogens is 535 g/mol. The molecule has 35 heavy (non-hydrogen) atoms. The Morgan fingerprint density at radius 3 is 2.40 bits per heavy atom. The van der Waals surface area contributed by atoms with E-state index in [1.807, 2.05) is 0 Å². The number of fused-ring (bicyclic) bond motifs is 1. The predicted molar refractivity (Wildman–Crippen MR) is 136 cm³/mol. The summed E-state index contributed by atoms with van der Waals surface area (Å²) in [5.74, 6) is -0.863. The minimum atomic E-state index is -4.07. The molecule has 1 unspecified atom stereocenters. The van der Waals surface area contributed by atoms with Gasteiger partial charge in [-0.2, -0.15) is 0 Å². The molecule has 4 rings (SSSR count). The normalized spacial score (nSPS) is 15.3. The van der Waals surface area contributed by atoms with E-state index in [9.17, 15) is 18.0 Å². The fourth-order valence-electron chi connectivity index (χ4n) is 3.79. The van der Waals surface area contributed by atoms with Gasteiger partial charge in [-0.05, 0) is 36.4 Å². The van der Waals surface area contributed by atoms with Gasteiger partial charge in [0.2, 0.25) is 5.91 Å². The van der Waals surface area contributed by atoms with Crippen molar-refractivity contribution in [2.75, 3.05) is 16.2 Å². The van der Waals surface area contributed by atoms with Crippen LogP contribution in [-0.2, 0) is 21.2 Å². The number of carbonyl (C=O) groups excluding carboxylic acids is 2. The molecule has 0 spiro atoms. The maximum atomic E-state index is 13.6. The Bertz CT molecular complexity index is 1410. The lowest BCUT2D eigenvalue weighted by Gasteiger charge is -2.35. The Hall–Kier alpha value is -2.85. The van der Waals surface area contributed by atoms with Gasteiger partial charge in [0.25, 0.3) is 15.9 Å². The predicted octanol–water partition coefficient (Wildman–Crippen LogP) is 4.55. The number of aromatic nitrogens is 1. The zero-order chi connectivity index (χ0) is 25.3. The molecule has 3 aromatic rings. The number of nitrogens with zero attached hydrogens (tertiary/aromatic N) is 2. The molecule has 0 saturated heterocycles. The lowest BCUT2D eigenvalue weighted by atomic mass is 10.0. The van der Waals surface area contributed by atoms with Crippen molar-refractivity contribution in [3.8, 4) is 0 Å². The fraction of sp³-hybridized carbons (Fsp3) is 0.174. The van der Waals surface area contributed by atoms with Crippen LogP contribution in [0.4, 0.5) is 11.4 Å². The average Bonchev–Trinajstić information content (AvgIpc) is 2.78. The van der Waals surface area contributed by atoms with Crippen molar-refractivity contribution in [1.82, 2.24) is 10.3 Å². The SMILES string of the molecule is CC(=O)NC1Cc2ncc(NC(=O)c3c(Cl)cccc3Cl)cc2N(S(=O)(=O)c2cccc(Cl)c2)C1. The fourth-order valence-corrected chi connectivity index (χ4v) is 6.19. The number of halogens is 3. The van der Waals surface area contributed by atoms with E-state index in [2.05, 4.69) is 15.6 Å². The number of nitrogens with one attached hydrogen (secondary N) is 2. The van der Waals surface area contributed by atoms with Gasteiger partial charge in [-0.15, -0.1) is 0 Å². The zero-order valence-corrected chi connectivity index (χ0v) is 21.3. The summed E-state index contributed by atoms with van der Waals surface area (Å²) in [7, 11) is -4.07. The molecule has 1 aliphatic heterocycles. The Kier molecular flexibility index (Phi) is 7.23. The van der Waals surface area contributed by atoms with Crippen LogP contribution in [0.25, 0.3) is 0 Å². The Labute approximate surface area is 217 Å². The molecule has 2 aromatic carbocycles. The first-order valence-electron chi connectivity index (χ1n) is 10.4. The number of hydrogen-bond donors (Lipinski definition) is 2. The highest BCUT2D eigenvalue weighted by molar-refractivity contribution is 7.92. The lowest BCUT2D eigenvalue weighted by Crippen LogP contribution is -2.50. The number of rotatable bonds is 5. The van der Waals surface area contributed by atoms with Crippen molar-refractivity contribution in [2.24, 2.45) is 0 Å². The molecule has 0 radical (unpaired) electrons. The molecule has 1 aromatic heterocycles. The number of anilines is 2. The van der Waals surface area contributed by atoms with Crippen molar-refractivity contribution in [3.63, 3.8) is 0 Å². The quantitative estimate of drug-likeness (QED) is 0.482. The Balaban J connectivity index is 1.74. The molecular formula is C23H19Cl3N4O4S. The number of carbonyl (C=O) groups is 2. The highest BCUT2D eigenvalue weighted by Crippen LogP contribution is 2.34. The van der Waals surface area contributed by atoms with Crippen molar-refractivity contribution in [3.05, 3.63) is 81.1 Å². The molecule has 2 heterocycles. The largest absolute Gasteiger partial charge is 0.351 e. The first-order chi connectivity index (χ1) is 16.6. The first kappa shape index (κ1) is 25.2. The third kappa shape index (κ3) is 5.38. The minimum absolute atomic E-state index is 0.0169. The number of benzene rings is 2.